The van der Waals surface area contributed by atoms with Gasteiger partial charge in [0.15, 0.2) is 0 Å². The molecule has 1 N–H and O–H groups in total. The molecule has 2 amide bonds. The molecule has 0 fully saturated rings. The van der Waals surface area contributed by atoms with Crippen LogP contribution in [-0.2, 0) is 4.79 Å². The Morgan fingerprint density at radius 2 is 2.00 bits per heavy atom. The highest BCUT2D eigenvalue weighted by Crippen LogP contribution is 2.25. The Balaban J connectivity index is 1.98. The van der Waals surface area contributed by atoms with Crippen LogP contribution in [0.3, 0.4) is 0 Å². The molecule has 0 atom stereocenters. The molecule has 7 heteroatoms. The number of anilines is 1. The van der Waals surface area contributed by atoms with E-state index in [0.29, 0.717) is 15.7 Å². The van der Waals surface area contributed by atoms with E-state index in [1.54, 1.807) is 30.3 Å². The average Bonchev–Trinajstić information content (AvgIpc) is 2.50. The SMILES string of the molecule is CN(CC(=O)Nc1ccc(Cl)cc1Cl)C(=O)c1ccccn1. The van der Waals surface area contributed by atoms with Crippen molar-refractivity contribution in [2.45, 2.75) is 0 Å². The summed E-state index contributed by atoms with van der Waals surface area (Å²) in [5, 5.41) is 3.44. The van der Waals surface area contributed by atoms with Crippen molar-refractivity contribution in [1.29, 1.82) is 0 Å². The summed E-state index contributed by atoms with van der Waals surface area (Å²) in [6.45, 7) is -0.117. The molecule has 1 heterocycles. The van der Waals surface area contributed by atoms with Crippen LogP contribution in [-0.4, -0.2) is 35.3 Å². The average molecular weight is 338 g/mol. The minimum Gasteiger partial charge on any atom is -0.331 e. The lowest BCUT2D eigenvalue weighted by Crippen LogP contribution is -2.35. The van der Waals surface area contributed by atoms with Gasteiger partial charge in [0.05, 0.1) is 17.3 Å². The van der Waals surface area contributed by atoms with Gasteiger partial charge in [-0.15, -0.1) is 0 Å². The van der Waals surface area contributed by atoms with Crippen molar-refractivity contribution in [3.8, 4) is 0 Å². The summed E-state index contributed by atoms with van der Waals surface area (Å²) in [5.74, 6) is -0.700. The third-order valence-corrected chi connectivity index (χ3v) is 3.36. The highest BCUT2D eigenvalue weighted by Gasteiger charge is 2.16. The summed E-state index contributed by atoms with van der Waals surface area (Å²) in [7, 11) is 1.53. The van der Waals surface area contributed by atoms with Crippen molar-refractivity contribution in [3.63, 3.8) is 0 Å². The van der Waals surface area contributed by atoms with E-state index >= 15 is 0 Å². The quantitative estimate of drug-likeness (QED) is 0.932. The molecule has 0 unspecified atom stereocenters. The van der Waals surface area contributed by atoms with Crippen molar-refractivity contribution in [2.24, 2.45) is 0 Å². The van der Waals surface area contributed by atoms with Gasteiger partial charge in [-0.05, 0) is 30.3 Å². The van der Waals surface area contributed by atoms with Gasteiger partial charge in [-0.25, -0.2) is 0 Å². The molecule has 0 aliphatic rings. The Kier molecular flexibility index (Phi) is 5.35. The summed E-state index contributed by atoms with van der Waals surface area (Å²) < 4.78 is 0. The van der Waals surface area contributed by atoms with E-state index in [1.165, 1.54) is 24.2 Å². The number of rotatable bonds is 4. The van der Waals surface area contributed by atoms with Gasteiger partial charge in [0, 0.05) is 18.3 Å². The molecule has 0 aliphatic heterocycles. The molecular formula is C15H13Cl2N3O2. The standard InChI is InChI=1S/C15H13Cl2N3O2/c1-20(15(22)13-4-2-3-7-18-13)9-14(21)19-12-6-5-10(16)8-11(12)17/h2-8H,9H2,1H3,(H,19,21). The first-order valence-corrected chi connectivity index (χ1v) is 7.14. The first kappa shape index (κ1) is 16.3. The molecule has 1 aromatic carbocycles. The molecule has 1 aromatic heterocycles. The van der Waals surface area contributed by atoms with Crippen LogP contribution in [0.4, 0.5) is 5.69 Å². The maximum absolute atomic E-state index is 12.1. The number of hydrogen-bond donors (Lipinski definition) is 1. The highest BCUT2D eigenvalue weighted by atomic mass is 35.5. The predicted molar refractivity (Wildman–Crippen MR) is 86.3 cm³/mol. The summed E-state index contributed by atoms with van der Waals surface area (Å²) in [6.07, 6.45) is 1.52. The maximum Gasteiger partial charge on any atom is 0.272 e. The summed E-state index contributed by atoms with van der Waals surface area (Å²) in [5.41, 5.74) is 0.720. The molecule has 0 saturated carbocycles. The van der Waals surface area contributed by atoms with Crippen LogP contribution in [0.25, 0.3) is 0 Å². The van der Waals surface area contributed by atoms with Crippen molar-refractivity contribution in [3.05, 3.63) is 58.3 Å². The molecule has 0 radical (unpaired) electrons. The lowest BCUT2D eigenvalue weighted by molar-refractivity contribution is -0.116. The van der Waals surface area contributed by atoms with Crippen LogP contribution < -0.4 is 5.32 Å². The molecule has 2 aromatic rings. The number of nitrogens with zero attached hydrogens (tertiary/aromatic N) is 2. The highest BCUT2D eigenvalue weighted by molar-refractivity contribution is 6.36. The number of amides is 2. The fraction of sp³-hybridized carbons (Fsp3) is 0.133. The lowest BCUT2D eigenvalue weighted by Gasteiger charge is -2.16. The second kappa shape index (κ2) is 7.24. The number of carbonyl (C=O) groups excluding carboxylic acids is 2. The number of halogens is 2. The minimum absolute atomic E-state index is 0.117. The summed E-state index contributed by atoms with van der Waals surface area (Å²) >= 11 is 11.8. The van der Waals surface area contributed by atoms with E-state index in [0.717, 1.165) is 0 Å². The molecule has 5 nitrogen and oxygen atoms in total. The van der Waals surface area contributed by atoms with E-state index in [9.17, 15) is 9.59 Å². The van der Waals surface area contributed by atoms with Crippen molar-refractivity contribution >= 4 is 40.7 Å². The second-order valence-corrected chi connectivity index (χ2v) is 5.39. The van der Waals surface area contributed by atoms with E-state index in [1.807, 2.05) is 0 Å². The lowest BCUT2D eigenvalue weighted by atomic mass is 10.3. The molecule has 22 heavy (non-hydrogen) atoms. The van der Waals surface area contributed by atoms with E-state index in [-0.39, 0.29) is 24.1 Å². The Morgan fingerprint density at radius 3 is 2.64 bits per heavy atom. The Hall–Kier alpha value is -2.11. The van der Waals surface area contributed by atoms with Crippen LogP contribution in [0.1, 0.15) is 10.5 Å². The van der Waals surface area contributed by atoms with Gasteiger partial charge in [-0.2, -0.15) is 0 Å². The number of carbonyl (C=O) groups is 2. The van der Waals surface area contributed by atoms with Crippen LogP contribution >= 0.6 is 23.2 Å². The number of hydrogen-bond acceptors (Lipinski definition) is 3. The smallest absolute Gasteiger partial charge is 0.272 e. The predicted octanol–water partition coefficient (Wildman–Crippen LogP) is 3.10. The third kappa shape index (κ3) is 4.19. The number of pyridine rings is 1. The summed E-state index contributed by atoms with van der Waals surface area (Å²) in [6, 6.07) is 9.76. The Labute approximate surface area is 137 Å². The van der Waals surface area contributed by atoms with Gasteiger partial charge >= 0.3 is 0 Å². The summed E-state index contributed by atoms with van der Waals surface area (Å²) in [4.78, 5) is 29.3. The molecule has 0 bridgehead atoms. The topological polar surface area (TPSA) is 62.3 Å². The van der Waals surface area contributed by atoms with Crippen LogP contribution in [0, 0.1) is 0 Å². The number of nitrogens with one attached hydrogen (secondary N) is 1. The van der Waals surface area contributed by atoms with Gasteiger partial charge < -0.3 is 10.2 Å². The van der Waals surface area contributed by atoms with Gasteiger partial charge in [0.25, 0.3) is 5.91 Å². The fourth-order valence-electron chi connectivity index (χ4n) is 1.75. The largest absolute Gasteiger partial charge is 0.331 e. The molecule has 114 valence electrons. The van der Waals surface area contributed by atoms with Gasteiger partial charge in [-0.3, -0.25) is 14.6 Å². The van der Waals surface area contributed by atoms with Crippen LogP contribution in [0.15, 0.2) is 42.6 Å². The zero-order chi connectivity index (χ0) is 16.1. The Morgan fingerprint density at radius 1 is 1.23 bits per heavy atom. The number of aromatic nitrogens is 1. The number of benzene rings is 1. The zero-order valence-electron chi connectivity index (χ0n) is 11.7. The molecule has 0 aliphatic carbocycles. The van der Waals surface area contributed by atoms with Crippen molar-refractivity contribution < 1.29 is 9.59 Å². The fourth-order valence-corrected chi connectivity index (χ4v) is 2.21. The van der Waals surface area contributed by atoms with E-state index in [4.69, 9.17) is 23.2 Å². The van der Waals surface area contributed by atoms with Gasteiger partial charge in [-0.1, -0.05) is 29.3 Å². The molecule has 0 spiro atoms. The van der Waals surface area contributed by atoms with Crippen molar-refractivity contribution in [2.75, 3.05) is 18.9 Å². The van der Waals surface area contributed by atoms with Crippen LogP contribution in [0.5, 0.6) is 0 Å². The normalized spacial score (nSPS) is 10.1. The monoisotopic (exact) mass is 337 g/mol. The Bertz CT molecular complexity index is 692. The van der Waals surface area contributed by atoms with E-state index in [2.05, 4.69) is 10.3 Å². The molecular weight excluding hydrogens is 325 g/mol. The van der Waals surface area contributed by atoms with Gasteiger partial charge in [0.2, 0.25) is 5.91 Å². The van der Waals surface area contributed by atoms with Crippen LogP contribution in [0.2, 0.25) is 10.0 Å². The molecule has 2 rings (SSSR count). The second-order valence-electron chi connectivity index (χ2n) is 4.55. The third-order valence-electron chi connectivity index (χ3n) is 2.82. The number of likely N-dealkylation sites (N-methyl/N-ethyl adjacent to an activating group) is 1. The van der Waals surface area contributed by atoms with Gasteiger partial charge in [0.1, 0.15) is 5.69 Å². The first-order chi connectivity index (χ1) is 10.5. The maximum atomic E-state index is 12.1. The zero-order valence-corrected chi connectivity index (χ0v) is 13.2. The first-order valence-electron chi connectivity index (χ1n) is 6.39. The van der Waals surface area contributed by atoms with E-state index < -0.39 is 0 Å². The molecule has 0 saturated heterocycles. The van der Waals surface area contributed by atoms with Crippen molar-refractivity contribution in [1.82, 2.24) is 9.88 Å². The minimum atomic E-state index is -0.365.